The van der Waals surface area contributed by atoms with Gasteiger partial charge in [0.2, 0.25) is 6.54 Å². The minimum absolute atomic E-state index is 0.137. The monoisotopic (exact) mass is 348 g/mol. The molecule has 1 N–H and O–H groups in total. The van der Waals surface area contributed by atoms with Crippen molar-refractivity contribution in [2.45, 2.75) is 6.54 Å². The number of hydrogen-bond acceptors (Lipinski definition) is 2. The number of aromatic nitrogens is 1. The highest BCUT2D eigenvalue weighted by Gasteiger charge is 2.13. The molecule has 4 nitrogen and oxygen atoms in total. The largest absolute Gasteiger partial charge is 0.319 e. The Balaban J connectivity index is 1.76. The Morgan fingerprint density at radius 3 is 2.60 bits per heavy atom. The van der Waals surface area contributed by atoms with Crippen molar-refractivity contribution in [3.63, 3.8) is 0 Å². The van der Waals surface area contributed by atoms with Crippen LogP contribution in [-0.4, -0.2) is 5.91 Å². The van der Waals surface area contributed by atoms with Gasteiger partial charge in [-0.15, -0.1) is 0 Å². The molecule has 0 spiro atoms. The molecule has 0 fully saturated rings. The molecule has 1 heterocycles. The van der Waals surface area contributed by atoms with Crippen molar-refractivity contribution in [1.29, 1.82) is 5.26 Å². The molecule has 5 heteroatoms. The van der Waals surface area contributed by atoms with E-state index >= 15 is 0 Å². The summed E-state index contributed by atoms with van der Waals surface area (Å²) in [6.45, 7) is 0.137. The van der Waals surface area contributed by atoms with Gasteiger partial charge in [-0.1, -0.05) is 41.9 Å². The van der Waals surface area contributed by atoms with Crippen molar-refractivity contribution in [1.82, 2.24) is 0 Å². The minimum Gasteiger partial charge on any atom is -0.319 e. The highest BCUT2D eigenvalue weighted by molar-refractivity contribution is 6.31. The van der Waals surface area contributed by atoms with E-state index in [2.05, 4.69) is 5.32 Å². The number of benzene rings is 2. The number of anilines is 1. The maximum atomic E-state index is 12.3. The van der Waals surface area contributed by atoms with Crippen LogP contribution in [0.5, 0.6) is 0 Å². The van der Waals surface area contributed by atoms with Gasteiger partial charge in [-0.05, 0) is 29.8 Å². The molecule has 3 aromatic rings. The number of halogens is 1. The number of carbonyl (C=O) groups excluding carboxylic acids is 1. The number of nitrogens with zero attached hydrogens (tertiary/aromatic N) is 2. The molecule has 2 aromatic carbocycles. The van der Waals surface area contributed by atoms with E-state index < -0.39 is 0 Å². The van der Waals surface area contributed by atoms with Crippen molar-refractivity contribution >= 4 is 23.2 Å². The Labute approximate surface area is 150 Å². The summed E-state index contributed by atoms with van der Waals surface area (Å²) in [7, 11) is 0. The van der Waals surface area contributed by atoms with Crippen molar-refractivity contribution in [3.8, 4) is 17.2 Å². The lowest BCUT2D eigenvalue weighted by Gasteiger charge is -2.06. The lowest BCUT2D eigenvalue weighted by molar-refractivity contribution is -0.683. The SMILES string of the molecule is N#Cc1ccc(Cl)cc1NC(=O)C[n+]1cccc(-c2ccccc2)c1. The van der Waals surface area contributed by atoms with E-state index in [0.717, 1.165) is 11.1 Å². The maximum Gasteiger partial charge on any atom is 0.290 e. The van der Waals surface area contributed by atoms with Crippen molar-refractivity contribution < 1.29 is 9.36 Å². The zero-order valence-corrected chi connectivity index (χ0v) is 14.1. The number of nitrogens with one attached hydrogen (secondary N) is 1. The zero-order valence-electron chi connectivity index (χ0n) is 13.3. The molecule has 0 saturated heterocycles. The third-order valence-electron chi connectivity index (χ3n) is 3.67. The van der Waals surface area contributed by atoms with Gasteiger partial charge in [-0.25, -0.2) is 0 Å². The molecular weight excluding hydrogens is 334 g/mol. The van der Waals surface area contributed by atoms with E-state index in [1.165, 1.54) is 0 Å². The highest BCUT2D eigenvalue weighted by atomic mass is 35.5. The molecule has 0 aliphatic carbocycles. The van der Waals surface area contributed by atoms with Crippen LogP contribution in [0, 0.1) is 11.3 Å². The number of nitriles is 1. The molecule has 25 heavy (non-hydrogen) atoms. The van der Waals surface area contributed by atoms with Gasteiger partial charge < -0.3 is 5.32 Å². The molecule has 0 radical (unpaired) electrons. The summed E-state index contributed by atoms with van der Waals surface area (Å²) in [5.41, 5.74) is 2.90. The van der Waals surface area contributed by atoms with Gasteiger partial charge in [0, 0.05) is 16.7 Å². The van der Waals surface area contributed by atoms with E-state index in [4.69, 9.17) is 16.9 Å². The van der Waals surface area contributed by atoms with Crippen LogP contribution in [0.3, 0.4) is 0 Å². The normalized spacial score (nSPS) is 10.1. The van der Waals surface area contributed by atoms with Crippen LogP contribution < -0.4 is 9.88 Å². The smallest absolute Gasteiger partial charge is 0.290 e. The van der Waals surface area contributed by atoms with Gasteiger partial charge in [-0.3, -0.25) is 4.79 Å². The van der Waals surface area contributed by atoms with Crippen LogP contribution in [0.25, 0.3) is 11.1 Å². The van der Waals surface area contributed by atoms with Crippen LogP contribution in [0.2, 0.25) is 5.02 Å². The van der Waals surface area contributed by atoms with Gasteiger partial charge in [0.1, 0.15) is 6.07 Å². The quantitative estimate of drug-likeness (QED) is 0.729. The second kappa shape index (κ2) is 7.61. The van der Waals surface area contributed by atoms with Crippen LogP contribution in [0.1, 0.15) is 5.56 Å². The number of pyridine rings is 1. The second-order valence-corrected chi connectivity index (χ2v) is 5.92. The fraction of sp³-hybridized carbons (Fsp3) is 0.0500. The Kier molecular flexibility index (Phi) is 5.08. The van der Waals surface area contributed by atoms with Crippen LogP contribution in [0.4, 0.5) is 5.69 Å². The second-order valence-electron chi connectivity index (χ2n) is 5.48. The van der Waals surface area contributed by atoms with Gasteiger partial charge in [-0.2, -0.15) is 9.83 Å². The van der Waals surface area contributed by atoms with Crippen molar-refractivity contribution in [2.24, 2.45) is 0 Å². The number of carbonyl (C=O) groups is 1. The molecular formula is C20H15ClN3O+. The molecule has 0 aliphatic rings. The van der Waals surface area contributed by atoms with E-state index in [0.29, 0.717) is 16.3 Å². The molecule has 1 aromatic heterocycles. The average Bonchev–Trinajstić information content (AvgIpc) is 2.63. The maximum absolute atomic E-state index is 12.3. The Morgan fingerprint density at radius 1 is 1.08 bits per heavy atom. The standard InChI is InChI=1S/C20H14ClN3O/c21-18-9-8-16(12-22)19(11-18)23-20(25)14-24-10-4-7-17(13-24)15-5-2-1-3-6-15/h1-11,13H,14H2/p+1. The number of amides is 1. The summed E-state index contributed by atoms with van der Waals surface area (Å²) in [5, 5.41) is 12.3. The summed E-state index contributed by atoms with van der Waals surface area (Å²) in [6.07, 6.45) is 3.74. The van der Waals surface area contributed by atoms with E-state index in [-0.39, 0.29) is 12.5 Å². The molecule has 0 bridgehead atoms. The zero-order chi connectivity index (χ0) is 17.6. The fourth-order valence-electron chi connectivity index (χ4n) is 2.49. The first-order valence-electron chi connectivity index (χ1n) is 7.70. The summed E-state index contributed by atoms with van der Waals surface area (Å²) < 4.78 is 1.80. The topological polar surface area (TPSA) is 56.8 Å². The minimum atomic E-state index is -0.228. The average molecular weight is 349 g/mol. The van der Waals surface area contributed by atoms with E-state index in [9.17, 15) is 4.79 Å². The Bertz CT molecular complexity index is 949. The molecule has 0 saturated carbocycles. The number of rotatable bonds is 4. The lowest BCUT2D eigenvalue weighted by Crippen LogP contribution is -2.39. The van der Waals surface area contributed by atoms with Crippen molar-refractivity contribution in [2.75, 3.05) is 5.32 Å². The molecule has 3 rings (SSSR count). The van der Waals surface area contributed by atoms with Crippen molar-refractivity contribution in [3.05, 3.63) is 83.6 Å². The highest BCUT2D eigenvalue weighted by Crippen LogP contribution is 2.20. The molecule has 0 aliphatic heterocycles. The van der Waals surface area contributed by atoms with Gasteiger partial charge >= 0.3 is 0 Å². The summed E-state index contributed by atoms with van der Waals surface area (Å²) >= 11 is 5.94. The van der Waals surface area contributed by atoms with Crippen LogP contribution >= 0.6 is 11.6 Å². The first-order chi connectivity index (χ1) is 12.2. The predicted molar refractivity (Wildman–Crippen MR) is 96.9 cm³/mol. The predicted octanol–water partition coefficient (Wildman–Crippen LogP) is 3.80. The van der Waals surface area contributed by atoms with Gasteiger partial charge in [0.05, 0.1) is 11.3 Å². The summed E-state index contributed by atoms with van der Waals surface area (Å²) in [6, 6.07) is 20.7. The third-order valence-corrected chi connectivity index (χ3v) is 3.90. The van der Waals surface area contributed by atoms with E-state index in [1.54, 1.807) is 22.8 Å². The van der Waals surface area contributed by atoms with Gasteiger partial charge in [0.25, 0.3) is 5.91 Å². The van der Waals surface area contributed by atoms with Crippen LogP contribution in [-0.2, 0) is 11.3 Å². The van der Waals surface area contributed by atoms with E-state index in [1.807, 2.05) is 60.9 Å². The fourth-order valence-corrected chi connectivity index (χ4v) is 2.67. The first kappa shape index (κ1) is 16.7. The number of hydrogen-bond donors (Lipinski definition) is 1. The molecule has 122 valence electrons. The molecule has 0 atom stereocenters. The lowest BCUT2D eigenvalue weighted by atomic mass is 10.1. The summed E-state index contributed by atoms with van der Waals surface area (Å²) in [4.78, 5) is 12.3. The molecule has 1 amide bonds. The summed E-state index contributed by atoms with van der Waals surface area (Å²) in [5.74, 6) is -0.228. The Morgan fingerprint density at radius 2 is 1.84 bits per heavy atom. The van der Waals surface area contributed by atoms with Crippen LogP contribution in [0.15, 0.2) is 73.1 Å². The first-order valence-corrected chi connectivity index (χ1v) is 8.07. The van der Waals surface area contributed by atoms with Gasteiger partial charge in [0.15, 0.2) is 12.4 Å². The Hall–Kier alpha value is -3.16. The molecule has 0 unspecified atom stereocenters. The third kappa shape index (κ3) is 4.23.